The van der Waals surface area contributed by atoms with Crippen LogP contribution < -0.4 is 20.7 Å². The Kier molecular flexibility index (Phi) is 11.9. The molecule has 3 amide bonds. The Bertz CT molecular complexity index is 1950. The summed E-state index contributed by atoms with van der Waals surface area (Å²) >= 11 is 7.54. The molecule has 7 nitrogen and oxygen atoms in total. The second-order valence-corrected chi connectivity index (χ2v) is 13.0. The fraction of sp³-hybridized carbons (Fsp3) is 0.125. The molecule has 1 atom stereocenters. The van der Waals surface area contributed by atoms with Crippen LogP contribution in [0.15, 0.2) is 138 Å². The van der Waals surface area contributed by atoms with Gasteiger partial charge in [0.1, 0.15) is 16.7 Å². The van der Waals surface area contributed by atoms with Crippen molar-refractivity contribution in [3.05, 3.63) is 160 Å². The molecular formula is C40H36ClN3O4S. The number of rotatable bonds is 12. The lowest BCUT2D eigenvalue weighted by molar-refractivity contribution is -0.116. The molecule has 0 heterocycles. The van der Waals surface area contributed by atoms with Crippen molar-refractivity contribution in [2.45, 2.75) is 29.9 Å². The molecule has 0 aliphatic carbocycles. The number of amides is 3. The molecule has 0 aliphatic heterocycles. The Morgan fingerprint density at radius 3 is 2.12 bits per heavy atom. The first-order valence-corrected chi connectivity index (χ1v) is 16.9. The number of thioether (sulfide) groups is 1. The van der Waals surface area contributed by atoms with Crippen molar-refractivity contribution in [1.29, 1.82) is 0 Å². The predicted octanol–water partition coefficient (Wildman–Crippen LogP) is 9.35. The van der Waals surface area contributed by atoms with Gasteiger partial charge in [-0.15, -0.1) is 11.8 Å². The highest BCUT2D eigenvalue weighted by Crippen LogP contribution is 2.38. The Hall–Kier alpha value is -5.31. The van der Waals surface area contributed by atoms with Crippen molar-refractivity contribution in [3.8, 4) is 5.75 Å². The topological polar surface area (TPSA) is 96.5 Å². The number of methoxy groups -OCH3 is 1. The first kappa shape index (κ1) is 35.0. The molecule has 0 radical (unpaired) electrons. The summed E-state index contributed by atoms with van der Waals surface area (Å²) in [6, 6.07) is 38.2. The first-order valence-electron chi connectivity index (χ1n) is 15.7. The third-order valence-corrected chi connectivity index (χ3v) is 9.03. The van der Waals surface area contributed by atoms with Crippen LogP contribution in [0.1, 0.15) is 52.1 Å². The Morgan fingerprint density at radius 2 is 1.45 bits per heavy atom. The molecule has 0 fully saturated rings. The van der Waals surface area contributed by atoms with Gasteiger partial charge < -0.3 is 20.7 Å². The minimum absolute atomic E-state index is 0.0845. The van der Waals surface area contributed by atoms with Gasteiger partial charge in [-0.3, -0.25) is 14.4 Å². The van der Waals surface area contributed by atoms with Crippen molar-refractivity contribution in [3.63, 3.8) is 0 Å². The van der Waals surface area contributed by atoms with E-state index in [4.69, 9.17) is 16.3 Å². The number of carbonyl (C=O) groups excluding carboxylic acids is 3. The average Bonchev–Trinajstić information content (AvgIpc) is 3.11. The van der Waals surface area contributed by atoms with E-state index in [1.165, 1.54) is 24.4 Å². The maximum Gasteiger partial charge on any atom is 0.272 e. The predicted molar refractivity (Wildman–Crippen MR) is 199 cm³/mol. The van der Waals surface area contributed by atoms with Crippen LogP contribution in [-0.4, -0.2) is 24.8 Å². The van der Waals surface area contributed by atoms with Crippen molar-refractivity contribution >= 4 is 58.5 Å². The lowest BCUT2D eigenvalue weighted by Crippen LogP contribution is -2.30. The molecule has 1 unspecified atom stereocenters. The van der Waals surface area contributed by atoms with Gasteiger partial charge in [0.2, 0.25) is 5.91 Å². The molecule has 0 saturated carbocycles. The summed E-state index contributed by atoms with van der Waals surface area (Å²) < 4.78 is 5.43. The van der Waals surface area contributed by atoms with Crippen LogP contribution in [0.4, 0.5) is 11.4 Å². The molecule has 0 saturated heterocycles. The monoisotopic (exact) mass is 689 g/mol. The van der Waals surface area contributed by atoms with Gasteiger partial charge in [0.05, 0.1) is 12.8 Å². The van der Waals surface area contributed by atoms with E-state index in [0.717, 1.165) is 16.0 Å². The van der Waals surface area contributed by atoms with E-state index in [2.05, 4.69) is 29.8 Å². The van der Waals surface area contributed by atoms with Gasteiger partial charge in [0, 0.05) is 21.2 Å². The minimum Gasteiger partial charge on any atom is -0.495 e. The van der Waals surface area contributed by atoms with E-state index >= 15 is 0 Å². The SMILES string of the molecule is COc1ccc(Cl)cc1NC(=O)C(Sc1cccc(NC(=O)/C(=C\c2ccc(C(C)C)cc2)NC(=O)c2ccccc2)c1)c1ccccc1. The summed E-state index contributed by atoms with van der Waals surface area (Å²) in [5.41, 5.74) is 4.18. The summed E-state index contributed by atoms with van der Waals surface area (Å²) in [6.07, 6.45) is 1.65. The summed E-state index contributed by atoms with van der Waals surface area (Å²) in [4.78, 5) is 41.3. The van der Waals surface area contributed by atoms with Crippen molar-refractivity contribution in [2.24, 2.45) is 0 Å². The molecule has 0 aliphatic rings. The van der Waals surface area contributed by atoms with Crippen LogP contribution in [0.5, 0.6) is 5.75 Å². The number of carbonyl (C=O) groups is 3. The van der Waals surface area contributed by atoms with Gasteiger partial charge in [0.15, 0.2) is 0 Å². The van der Waals surface area contributed by atoms with Gasteiger partial charge in [-0.05, 0) is 77.2 Å². The first-order chi connectivity index (χ1) is 23.7. The van der Waals surface area contributed by atoms with Crippen LogP contribution in [0.3, 0.4) is 0 Å². The molecule has 5 aromatic carbocycles. The van der Waals surface area contributed by atoms with Crippen molar-refractivity contribution in [1.82, 2.24) is 5.32 Å². The van der Waals surface area contributed by atoms with Gasteiger partial charge >= 0.3 is 0 Å². The smallest absolute Gasteiger partial charge is 0.272 e. The highest BCUT2D eigenvalue weighted by molar-refractivity contribution is 8.00. The molecule has 0 bridgehead atoms. The largest absolute Gasteiger partial charge is 0.495 e. The maximum atomic E-state index is 13.8. The highest BCUT2D eigenvalue weighted by atomic mass is 35.5. The molecule has 0 spiro atoms. The Labute approximate surface area is 295 Å². The minimum atomic E-state index is -0.648. The van der Waals surface area contributed by atoms with Crippen LogP contribution in [0, 0.1) is 0 Å². The van der Waals surface area contributed by atoms with Gasteiger partial charge in [-0.25, -0.2) is 0 Å². The molecule has 49 heavy (non-hydrogen) atoms. The standard InChI is InChI=1S/C40H36ClN3O4S/c1-26(2)28-19-17-27(18-20-28)23-35(44-38(45)30-13-8-5-9-14-30)39(46)42-32-15-10-16-33(25-32)49-37(29-11-6-4-7-12-29)40(47)43-34-24-31(41)21-22-36(34)48-3/h4-26,37H,1-3H3,(H,42,46)(H,43,47)(H,44,45)/b35-23+. The zero-order chi connectivity index (χ0) is 34.8. The molecule has 5 rings (SSSR count). The number of hydrogen-bond acceptors (Lipinski definition) is 5. The van der Waals surface area contributed by atoms with E-state index in [0.29, 0.717) is 33.6 Å². The van der Waals surface area contributed by atoms with E-state index in [9.17, 15) is 14.4 Å². The summed E-state index contributed by atoms with van der Waals surface area (Å²) in [5.74, 6) is -0.333. The van der Waals surface area contributed by atoms with Gasteiger partial charge in [-0.1, -0.05) is 104 Å². The van der Waals surface area contributed by atoms with Crippen LogP contribution in [0.25, 0.3) is 6.08 Å². The van der Waals surface area contributed by atoms with Crippen LogP contribution in [0.2, 0.25) is 5.02 Å². The summed E-state index contributed by atoms with van der Waals surface area (Å²) in [5, 5.41) is 8.49. The number of anilines is 2. The summed E-state index contributed by atoms with van der Waals surface area (Å²) in [6.45, 7) is 4.22. The quantitative estimate of drug-likeness (QED) is 0.0896. The number of halogens is 1. The Balaban J connectivity index is 1.39. The van der Waals surface area contributed by atoms with E-state index in [1.807, 2.05) is 66.7 Å². The maximum absolute atomic E-state index is 13.8. The number of nitrogens with one attached hydrogen (secondary N) is 3. The molecule has 9 heteroatoms. The average molecular weight is 690 g/mol. The third kappa shape index (κ3) is 9.63. The van der Waals surface area contributed by atoms with E-state index in [1.54, 1.807) is 66.7 Å². The normalized spacial score (nSPS) is 11.8. The fourth-order valence-corrected chi connectivity index (χ4v) is 6.20. The molecule has 5 aromatic rings. The molecular weight excluding hydrogens is 654 g/mol. The van der Waals surface area contributed by atoms with E-state index in [-0.39, 0.29) is 11.6 Å². The zero-order valence-corrected chi connectivity index (χ0v) is 28.8. The lowest BCUT2D eigenvalue weighted by Gasteiger charge is -2.19. The van der Waals surface area contributed by atoms with Gasteiger partial charge in [-0.2, -0.15) is 0 Å². The second kappa shape index (κ2) is 16.7. The van der Waals surface area contributed by atoms with Gasteiger partial charge in [0.25, 0.3) is 11.8 Å². The second-order valence-electron chi connectivity index (χ2n) is 11.4. The molecule has 3 N–H and O–H groups in total. The van der Waals surface area contributed by atoms with Crippen LogP contribution >= 0.6 is 23.4 Å². The number of ether oxygens (including phenoxy) is 1. The fourth-order valence-electron chi connectivity index (χ4n) is 4.94. The number of benzene rings is 5. The Morgan fingerprint density at radius 1 is 0.755 bits per heavy atom. The molecule has 0 aromatic heterocycles. The lowest BCUT2D eigenvalue weighted by atomic mass is 10.0. The highest BCUT2D eigenvalue weighted by Gasteiger charge is 2.24. The van der Waals surface area contributed by atoms with Crippen LogP contribution in [-0.2, 0) is 9.59 Å². The van der Waals surface area contributed by atoms with E-state index < -0.39 is 17.1 Å². The zero-order valence-electron chi connectivity index (χ0n) is 27.3. The summed E-state index contributed by atoms with van der Waals surface area (Å²) in [7, 11) is 1.53. The third-order valence-electron chi connectivity index (χ3n) is 7.55. The molecule has 248 valence electrons. The number of hydrogen-bond donors (Lipinski definition) is 3. The van der Waals surface area contributed by atoms with Crippen molar-refractivity contribution < 1.29 is 19.1 Å². The van der Waals surface area contributed by atoms with Crippen molar-refractivity contribution in [2.75, 3.05) is 17.7 Å².